The number of carbonyl (C=O) groups is 1. The Morgan fingerprint density at radius 2 is 2.15 bits per heavy atom. The third-order valence-electron chi connectivity index (χ3n) is 5.51. The van der Waals surface area contributed by atoms with Crippen molar-refractivity contribution in [2.45, 2.75) is 62.8 Å². The Bertz CT molecular complexity index is 1070. The van der Waals surface area contributed by atoms with Crippen molar-refractivity contribution in [1.82, 2.24) is 19.8 Å². The maximum absolute atomic E-state index is 14.2. The van der Waals surface area contributed by atoms with Crippen LogP contribution in [0.4, 0.5) is 9.18 Å². The summed E-state index contributed by atoms with van der Waals surface area (Å²) in [5.41, 5.74) is 0.631. The maximum atomic E-state index is 14.2. The van der Waals surface area contributed by atoms with E-state index in [-0.39, 0.29) is 42.0 Å². The molecule has 1 saturated heterocycles. The molecule has 0 bridgehead atoms. The number of amides is 2. The largest absolute Gasteiger partial charge is 0.383 e. The molecule has 0 saturated carbocycles. The van der Waals surface area contributed by atoms with Gasteiger partial charge in [0.25, 0.3) is 0 Å². The lowest BCUT2D eigenvalue weighted by Gasteiger charge is -2.25. The van der Waals surface area contributed by atoms with Crippen LogP contribution >= 0.6 is 0 Å². The fraction of sp³-hybridized carbons (Fsp3) is 0.565. The first-order chi connectivity index (χ1) is 16.2. The summed E-state index contributed by atoms with van der Waals surface area (Å²) in [6.07, 6.45) is 2.99. The van der Waals surface area contributed by atoms with Crippen molar-refractivity contribution in [2.75, 3.05) is 26.9 Å². The Kier molecular flexibility index (Phi) is 9.03. The van der Waals surface area contributed by atoms with Crippen molar-refractivity contribution >= 4 is 15.9 Å². The van der Waals surface area contributed by atoms with Gasteiger partial charge in [0.1, 0.15) is 5.82 Å². The molecule has 2 amide bonds. The number of ether oxygens (including phenoxy) is 2. The second kappa shape index (κ2) is 11.8. The maximum Gasteiger partial charge on any atom is 0.318 e. The molecular weight excluding hydrogens is 463 g/mol. The number of carbonyl (C=O) groups excluding carboxylic acids is 1. The molecule has 3 rings (SSSR count). The molecule has 1 aromatic heterocycles. The fourth-order valence-electron chi connectivity index (χ4n) is 3.83. The van der Waals surface area contributed by atoms with Gasteiger partial charge in [0.05, 0.1) is 43.4 Å². The van der Waals surface area contributed by atoms with Crippen LogP contribution in [0.2, 0.25) is 0 Å². The minimum atomic E-state index is -3.97. The number of benzene rings is 1. The summed E-state index contributed by atoms with van der Waals surface area (Å²) < 4.78 is 53.2. The quantitative estimate of drug-likeness (QED) is 0.513. The molecule has 188 valence electrons. The highest BCUT2D eigenvalue weighted by Gasteiger charge is 2.29. The number of nitrogens with one attached hydrogen (secondary N) is 1. The molecule has 9 nitrogen and oxygen atoms in total. The van der Waals surface area contributed by atoms with Gasteiger partial charge in [-0.05, 0) is 32.8 Å². The molecule has 1 aliphatic rings. The lowest BCUT2D eigenvalue weighted by molar-refractivity contribution is 0.0930. The SMILES string of the molecule is COCCN(Cc1cnc(S(=O)(=O)Cc2ccccc2F)n1CC1CCCO1)C(=O)NC(C)C. The molecule has 1 aliphatic heterocycles. The molecule has 0 spiro atoms. The van der Waals surface area contributed by atoms with E-state index in [9.17, 15) is 17.6 Å². The number of methoxy groups -OCH3 is 1. The summed E-state index contributed by atoms with van der Waals surface area (Å²) >= 11 is 0. The average Bonchev–Trinajstić information content (AvgIpc) is 3.43. The third kappa shape index (κ3) is 6.77. The van der Waals surface area contributed by atoms with Crippen LogP contribution in [0.15, 0.2) is 35.6 Å². The molecule has 1 N–H and O–H groups in total. The Morgan fingerprint density at radius 1 is 1.38 bits per heavy atom. The second-order valence-electron chi connectivity index (χ2n) is 8.65. The van der Waals surface area contributed by atoms with E-state index in [2.05, 4.69) is 10.3 Å². The van der Waals surface area contributed by atoms with Gasteiger partial charge in [-0.25, -0.2) is 22.6 Å². The highest BCUT2D eigenvalue weighted by molar-refractivity contribution is 7.90. The predicted molar refractivity (Wildman–Crippen MR) is 124 cm³/mol. The Hall–Kier alpha value is -2.50. The Morgan fingerprint density at radius 3 is 2.79 bits per heavy atom. The monoisotopic (exact) mass is 496 g/mol. The van der Waals surface area contributed by atoms with Crippen molar-refractivity contribution in [3.63, 3.8) is 0 Å². The third-order valence-corrected chi connectivity index (χ3v) is 7.08. The molecule has 1 fully saturated rings. The summed E-state index contributed by atoms with van der Waals surface area (Å²) in [6, 6.07) is 5.44. The highest BCUT2D eigenvalue weighted by atomic mass is 32.2. The number of rotatable bonds is 11. The van der Waals surface area contributed by atoms with Crippen molar-refractivity contribution in [3.8, 4) is 0 Å². The molecule has 1 unspecified atom stereocenters. The van der Waals surface area contributed by atoms with E-state index in [1.54, 1.807) is 22.6 Å². The molecule has 2 heterocycles. The number of imidazole rings is 1. The van der Waals surface area contributed by atoms with Crippen LogP contribution < -0.4 is 5.32 Å². The van der Waals surface area contributed by atoms with Crippen molar-refractivity contribution in [2.24, 2.45) is 0 Å². The summed E-state index contributed by atoms with van der Waals surface area (Å²) in [5.74, 6) is -1.09. The second-order valence-corrected chi connectivity index (χ2v) is 10.5. The van der Waals surface area contributed by atoms with E-state index in [1.165, 1.54) is 24.4 Å². The standard InChI is InChI=1S/C23H33FN4O5S/c1-17(2)26-22(29)27(10-12-32-3)14-19-13-25-23(28(19)15-20-8-6-11-33-20)34(30,31)16-18-7-4-5-9-21(18)24/h4-5,7,9,13,17,20H,6,8,10-12,14-16H2,1-3H3,(H,26,29). The minimum absolute atomic E-state index is 0.0638. The van der Waals surface area contributed by atoms with E-state index in [0.29, 0.717) is 25.5 Å². The van der Waals surface area contributed by atoms with E-state index in [4.69, 9.17) is 9.47 Å². The van der Waals surface area contributed by atoms with Crippen LogP contribution in [0, 0.1) is 5.82 Å². The van der Waals surface area contributed by atoms with Gasteiger partial charge in [0, 0.05) is 31.9 Å². The Balaban J connectivity index is 1.93. The van der Waals surface area contributed by atoms with Crippen LogP contribution in [-0.4, -0.2) is 67.9 Å². The van der Waals surface area contributed by atoms with Crippen LogP contribution in [0.5, 0.6) is 0 Å². The minimum Gasteiger partial charge on any atom is -0.383 e. The van der Waals surface area contributed by atoms with Gasteiger partial charge in [-0.3, -0.25) is 0 Å². The molecule has 0 radical (unpaired) electrons. The first-order valence-electron chi connectivity index (χ1n) is 11.4. The Labute approximate surface area is 200 Å². The van der Waals surface area contributed by atoms with E-state index >= 15 is 0 Å². The molecular formula is C23H33FN4O5S. The topological polar surface area (TPSA) is 103 Å². The van der Waals surface area contributed by atoms with Gasteiger partial charge < -0.3 is 24.3 Å². The summed E-state index contributed by atoms with van der Waals surface area (Å²) in [5, 5.41) is 2.70. The van der Waals surface area contributed by atoms with Crippen molar-refractivity contribution in [1.29, 1.82) is 0 Å². The average molecular weight is 497 g/mol. The van der Waals surface area contributed by atoms with Crippen LogP contribution in [-0.2, 0) is 38.2 Å². The van der Waals surface area contributed by atoms with Crippen molar-refractivity contribution < 1.29 is 27.1 Å². The van der Waals surface area contributed by atoms with Crippen molar-refractivity contribution in [3.05, 3.63) is 47.5 Å². The van der Waals surface area contributed by atoms with Gasteiger partial charge in [0.2, 0.25) is 15.0 Å². The number of urea groups is 1. The normalized spacial score (nSPS) is 16.2. The molecule has 2 aromatic rings. The smallest absolute Gasteiger partial charge is 0.318 e. The number of nitrogens with zero attached hydrogens (tertiary/aromatic N) is 3. The summed E-state index contributed by atoms with van der Waals surface area (Å²) in [6.45, 7) is 5.40. The predicted octanol–water partition coefficient (Wildman–Crippen LogP) is 2.74. The number of hydrogen-bond acceptors (Lipinski definition) is 6. The van der Waals surface area contributed by atoms with Crippen LogP contribution in [0.25, 0.3) is 0 Å². The van der Waals surface area contributed by atoms with Gasteiger partial charge in [-0.2, -0.15) is 0 Å². The van der Waals surface area contributed by atoms with Crippen LogP contribution in [0.1, 0.15) is 37.9 Å². The zero-order valence-electron chi connectivity index (χ0n) is 19.9. The van der Waals surface area contributed by atoms with E-state index in [1.807, 2.05) is 13.8 Å². The van der Waals surface area contributed by atoms with Gasteiger partial charge >= 0.3 is 6.03 Å². The number of halogens is 1. The first kappa shape index (κ1) is 26.1. The summed E-state index contributed by atoms with van der Waals surface area (Å²) in [7, 11) is -2.42. The number of sulfone groups is 1. The zero-order valence-corrected chi connectivity index (χ0v) is 20.7. The lowest BCUT2D eigenvalue weighted by Crippen LogP contribution is -2.44. The molecule has 1 aromatic carbocycles. The zero-order chi connectivity index (χ0) is 24.7. The first-order valence-corrected chi connectivity index (χ1v) is 13.0. The highest BCUT2D eigenvalue weighted by Crippen LogP contribution is 2.23. The molecule has 0 aliphatic carbocycles. The van der Waals surface area contributed by atoms with Gasteiger partial charge in [-0.1, -0.05) is 18.2 Å². The lowest BCUT2D eigenvalue weighted by atomic mass is 10.2. The van der Waals surface area contributed by atoms with Crippen LogP contribution in [0.3, 0.4) is 0 Å². The molecule has 34 heavy (non-hydrogen) atoms. The number of hydrogen-bond donors (Lipinski definition) is 1. The molecule has 1 atom stereocenters. The van der Waals surface area contributed by atoms with E-state index in [0.717, 1.165) is 12.8 Å². The number of aromatic nitrogens is 2. The van der Waals surface area contributed by atoms with Gasteiger partial charge in [0.15, 0.2) is 0 Å². The molecule has 11 heteroatoms. The van der Waals surface area contributed by atoms with E-state index < -0.39 is 21.4 Å². The van der Waals surface area contributed by atoms with Gasteiger partial charge in [-0.15, -0.1) is 0 Å². The fourth-order valence-corrected chi connectivity index (χ4v) is 5.34. The summed E-state index contributed by atoms with van der Waals surface area (Å²) in [4.78, 5) is 18.5.